The fourth-order valence-electron chi connectivity index (χ4n) is 2.05. The van der Waals surface area contributed by atoms with E-state index in [1.807, 2.05) is 4.90 Å². The molecule has 1 fully saturated rings. The fraction of sp³-hybridized carbons (Fsp3) is 0.500. The lowest BCUT2D eigenvalue weighted by Crippen LogP contribution is -2.39. The van der Waals surface area contributed by atoms with Crippen molar-refractivity contribution in [3.8, 4) is 0 Å². The minimum atomic E-state index is -2.54. The van der Waals surface area contributed by atoms with E-state index >= 15 is 0 Å². The summed E-state index contributed by atoms with van der Waals surface area (Å²) in [6.45, 7) is 0.620. The fourth-order valence-corrected chi connectivity index (χ4v) is 2.05. The van der Waals surface area contributed by atoms with Gasteiger partial charge in [-0.2, -0.15) is 5.10 Å². The molecule has 2 aromatic heterocycles. The van der Waals surface area contributed by atoms with Gasteiger partial charge in [-0.1, -0.05) is 0 Å². The van der Waals surface area contributed by atoms with E-state index in [1.54, 1.807) is 6.20 Å². The van der Waals surface area contributed by atoms with Crippen molar-refractivity contribution in [2.45, 2.75) is 18.8 Å². The van der Waals surface area contributed by atoms with Crippen molar-refractivity contribution in [1.29, 1.82) is 0 Å². The van der Waals surface area contributed by atoms with Crippen molar-refractivity contribution in [1.82, 2.24) is 20.2 Å². The zero-order chi connectivity index (χ0) is 11.9. The highest BCUT2D eigenvalue weighted by Gasteiger charge is 2.34. The third kappa shape index (κ3) is 1.81. The maximum atomic E-state index is 13.1. The van der Waals surface area contributed by atoms with Crippen molar-refractivity contribution < 1.29 is 8.78 Å². The van der Waals surface area contributed by atoms with Crippen molar-refractivity contribution >= 4 is 16.9 Å². The van der Waals surface area contributed by atoms with Gasteiger partial charge < -0.3 is 4.90 Å². The van der Waals surface area contributed by atoms with Gasteiger partial charge in [-0.15, -0.1) is 0 Å². The van der Waals surface area contributed by atoms with Crippen LogP contribution < -0.4 is 4.90 Å². The van der Waals surface area contributed by atoms with Crippen LogP contribution in [-0.4, -0.2) is 39.2 Å². The summed E-state index contributed by atoms with van der Waals surface area (Å²) in [7, 11) is 0. The van der Waals surface area contributed by atoms with E-state index < -0.39 is 5.92 Å². The minimum absolute atomic E-state index is 0.129. The Labute approximate surface area is 95.9 Å². The van der Waals surface area contributed by atoms with Gasteiger partial charge in [0.05, 0.1) is 11.6 Å². The molecule has 90 valence electrons. The van der Waals surface area contributed by atoms with Crippen LogP contribution in [0.5, 0.6) is 0 Å². The number of nitrogens with one attached hydrogen (secondary N) is 1. The number of halogens is 2. The van der Waals surface area contributed by atoms with Crippen LogP contribution in [0.1, 0.15) is 12.8 Å². The van der Waals surface area contributed by atoms with E-state index in [1.165, 1.54) is 6.33 Å². The summed E-state index contributed by atoms with van der Waals surface area (Å²) < 4.78 is 26.1. The van der Waals surface area contributed by atoms with E-state index in [0.29, 0.717) is 24.6 Å². The third-order valence-corrected chi connectivity index (χ3v) is 3.02. The normalized spacial score (nSPS) is 19.8. The maximum Gasteiger partial charge on any atom is 0.251 e. The van der Waals surface area contributed by atoms with Crippen LogP contribution in [0.2, 0.25) is 0 Å². The second kappa shape index (κ2) is 3.61. The number of piperidine rings is 1. The predicted molar refractivity (Wildman–Crippen MR) is 58.1 cm³/mol. The topological polar surface area (TPSA) is 57.7 Å². The number of rotatable bonds is 1. The average molecular weight is 239 g/mol. The van der Waals surface area contributed by atoms with Gasteiger partial charge in [0.25, 0.3) is 5.92 Å². The van der Waals surface area contributed by atoms with Crippen molar-refractivity contribution in [2.24, 2.45) is 0 Å². The number of aromatic amines is 1. The molecule has 17 heavy (non-hydrogen) atoms. The van der Waals surface area contributed by atoms with Gasteiger partial charge in [-0.3, -0.25) is 5.10 Å². The van der Waals surface area contributed by atoms with Crippen molar-refractivity contribution in [3.63, 3.8) is 0 Å². The number of H-pyrrole nitrogens is 1. The molecule has 7 heteroatoms. The number of nitrogens with zero attached hydrogens (tertiary/aromatic N) is 4. The highest BCUT2D eigenvalue weighted by atomic mass is 19.3. The zero-order valence-electron chi connectivity index (χ0n) is 9.03. The van der Waals surface area contributed by atoms with Crippen LogP contribution in [0, 0.1) is 0 Å². The Morgan fingerprint density at radius 2 is 2.00 bits per heavy atom. The lowest BCUT2D eigenvalue weighted by atomic mass is 10.1. The number of hydrogen-bond acceptors (Lipinski definition) is 4. The van der Waals surface area contributed by atoms with Crippen LogP contribution in [0.3, 0.4) is 0 Å². The van der Waals surface area contributed by atoms with Crippen LogP contribution in [0.15, 0.2) is 12.5 Å². The molecule has 0 aliphatic carbocycles. The van der Waals surface area contributed by atoms with Crippen LogP contribution >= 0.6 is 0 Å². The summed E-state index contributed by atoms with van der Waals surface area (Å²) in [5, 5.41) is 7.40. The monoisotopic (exact) mass is 239 g/mol. The first-order chi connectivity index (χ1) is 8.16. The average Bonchev–Trinajstić information content (AvgIpc) is 2.77. The Balaban J connectivity index is 1.92. The van der Waals surface area contributed by atoms with Gasteiger partial charge in [0.15, 0.2) is 5.65 Å². The van der Waals surface area contributed by atoms with E-state index in [4.69, 9.17) is 0 Å². The molecule has 1 aliphatic rings. The molecule has 0 aromatic carbocycles. The standard InChI is InChI=1S/C10H11F2N5/c11-10(12)1-3-17(4-2-10)9-7-5-15-16-8(7)13-6-14-9/h5-6H,1-4H2,(H,13,14,15,16). The van der Waals surface area contributed by atoms with Crippen molar-refractivity contribution in [2.75, 3.05) is 18.0 Å². The van der Waals surface area contributed by atoms with Gasteiger partial charge in [0.1, 0.15) is 12.1 Å². The zero-order valence-corrected chi connectivity index (χ0v) is 9.03. The molecule has 0 radical (unpaired) electrons. The lowest BCUT2D eigenvalue weighted by molar-refractivity contribution is -0.0221. The molecule has 0 unspecified atom stereocenters. The van der Waals surface area contributed by atoms with Crippen LogP contribution in [0.25, 0.3) is 11.0 Å². The molecule has 1 saturated heterocycles. The maximum absolute atomic E-state index is 13.1. The molecule has 0 bridgehead atoms. The summed E-state index contributed by atoms with van der Waals surface area (Å²) in [5.41, 5.74) is 0.632. The Morgan fingerprint density at radius 1 is 1.24 bits per heavy atom. The minimum Gasteiger partial charge on any atom is -0.355 e. The molecule has 0 saturated carbocycles. The van der Waals surface area contributed by atoms with E-state index in [-0.39, 0.29) is 12.8 Å². The smallest absolute Gasteiger partial charge is 0.251 e. The molecular weight excluding hydrogens is 228 g/mol. The summed E-state index contributed by atoms with van der Waals surface area (Å²) >= 11 is 0. The molecule has 0 amide bonds. The van der Waals surface area contributed by atoms with E-state index in [9.17, 15) is 8.78 Å². The highest BCUT2D eigenvalue weighted by Crippen LogP contribution is 2.31. The quantitative estimate of drug-likeness (QED) is 0.821. The Kier molecular flexibility index (Phi) is 2.20. The van der Waals surface area contributed by atoms with Gasteiger partial charge >= 0.3 is 0 Å². The van der Waals surface area contributed by atoms with Gasteiger partial charge in [-0.05, 0) is 0 Å². The van der Waals surface area contributed by atoms with Crippen LogP contribution in [0.4, 0.5) is 14.6 Å². The molecule has 0 atom stereocenters. The predicted octanol–water partition coefficient (Wildman–Crippen LogP) is 1.59. The number of fused-ring (bicyclic) bond motifs is 1. The SMILES string of the molecule is FC1(F)CCN(c2ncnc3[nH]ncc23)CC1. The van der Waals surface area contributed by atoms with Gasteiger partial charge in [0.2, 0.25) is 0 Å². The number of hydrogen-bond donors (Lipinski definition) is 1. The van der Waals surface area contributed by atoms with Crippen LogP contribution in [-0.2, 0) is 0 Å². The summed E-state index contributed by atoms with van der Waals surface area (Å²) in [6, 6.07) is 0. The first-order valence-corrected chi connectivity index (χ1v) is 5.43. The highest BCUT2D eigenvalue weighted by molar-refractivity contribution is 5.86. The molecule has 3 heterocycles. The summed E-state index contributed by atoms with van der Waals surface area (Å²) in [5.74, 6) is -1.86. The largest absolute Gasteiger partial charge is 0.355 e. The van der Waals surface area contributed by atoms with E-state index in [2.05, 4.69) is 20.2 Å². The number of aromatic nitrogens is 4. The number of alkyl halides is 2. The second-order valence-electron chi connectivity index (χ2n) is 4.17. The molecule has 3 rings (SSSR count). The summed E-state index contributed by atoms with van der Waals surface area (Å²) in [6.07, 6.45) is 2.78. The Hall–Kier alpha value is -1.79. The first kappa shape index (κ1) is 10.4. The van der Waals surface area contributed by atoms with Gasteiger partial charge in [-0.25, -0.2) is 18.7 Å². The molecule has 2 aromatic rings. The Morgan fingerprint density at radius 3 is 2.76 bits per heavy atom. The van der Waals surface area contributed by atoms with Gasteiger partial charge in [0, 0.05) is 25.9 Å². The third-order valence-electron chi connectivity index (χ3n) is 3.02. The number of anilines is 1. The van der Waals surface area contributed by atoms with E-state index in [0.717, 1.165) is 5.39 Å². The van der Waals surface area contributed by atoms with Crippen molar-refractivity contribution in [3.05, 3.63) is 12.5 Å². The molecule has 0 spiro atoms. The first-order valence-electron chi connectivity index (χ1n) is 5.43. The Bertz CT molecular complexity index is 528. The second-order valence-corrected chi connectivity index (χ2v) is 4.17. The molecule has 1 N–H and O–H groups in total. The molecular formula is C10H11F2N5. The molecule has 1 aliphatic heterocycles. The molecule has 5 nitrogen and oxygen atoms in total. The summed E-state index contributed by atoms with van der Waals surface area (Å²) in [4.78, 5) is 10.0. The lowest BCUT2D eigenvalue weighted by Gasteiger charge is -2.32.